The molecule has 1 atom stereocenters. The molecule has 1 unspecified atom stereocenters. The highest BCUT2D eigenvalue weighted by Crippen LogP contribution is 2.29. The van der Waals surface area contributed by atoms with E-state index in [9.17, 15) is 4.79 Å². The zero-order valence-corrected chi connectivity index (χ0v) is 11.6. The average molecular weight is 270 g/mol. The lowest BCUT2D eigenvalue weighted by Gasteiger charge is -2.29. The third-order valence-corrected chi connectivity index (χ3v) is 4.27. The van der Waals surface area contributed by atoms with Crippen LogP contribution in [-0.2, 0) is 6.42 Å². The molecule has 1 saturated heterocycles. The number of carbonyl (C=O) groups is 1. The summed E-state index contributed by atoms with van der Waals surface area (Å²) in [5, 5.41) is 8.91. The minimum Gasteiger partial charge on any atom is -0.323 e. The highest BCUT2D eigenvalue weighted by Gasteiger charge is 2.32. The number of likely N-dealkylation sites (tertiary alicyclic amines) is 1. The van der Waals surface area contributed by atoms with Gasteiger partial charge in [-0.15, -0.1) is 0 Å². The second-order valence-electron chi connectivity index (χ2n) is 5.41. The molecule has 5 nitrogen and oxygen atoms in total. The van der Waals surface area contributed by atoms with Crippen molar-refractivity contribution >= 4 is 11.7 Å². The summed E-state index contributed by atoms with van der Waals surface area (Å²) in [6.45, 7) is 2.14. The SMILES string of the molecule is CN(C(=O)N1CCc2ccccc21)C1CCN(C#N)C1. The average Bonchev–Trinajstić information content (AvgIpc) is 3.12. The van der Waals surface area contributed by atoms with E-state index in [4.69, 9.17) is 5.26 Å². The van der Waals surface area contributed by atoms with Crippen LogP contribution in [0.1, 0.15) is 12.0 Å². The van der Waals surface area contributed by atoms with Gasteiger partial charge in [0.25, 0.3) is 0 Å². The standard InChI is InChI=1S/C15H18N4O/c1-17(13-7-8-18(10-13)11-16)15(20)19-9-6-12-4-2-3-5-14(12)19/h2-5,13H,6-10H2,1H3. The van der Waals surface area contributed by atoms with Gasteiger partial charge in [-0.3, -0.25) is 4.90 Å². The van der Waals surface area contributed by atoms with Crippen LogP contribution in [0.4, 0.5) is 10.5 Å². The maximum atomic E-state index is 12.6. The molecule has 0 saturated carbocycles. The van der Waals surface area contributed by atoms with Crippen LogP contribution in [0.25, 0.3) is 0 Å². The zero-order valence-electron chi connectivity index (χ0n) is 11.6. The summed E-state index contributed by atoms with van der Waals surface area (Å²) in [6.07, 6.45) is 3.94. The number of amides is 2. The van der Waals surface area contributed by atoms with Gasteiger partial charge in [-0.2, -0.15) is 5.26 Å². The van der Waals surface area contributed by atoms with Crippen molar-refractivity contribution in [3.8, 4) is 6.19 Å². The molecule has 3 rings (SSSR count). The predicted octanol–water partition coefficient (Wildman–Crippen LogP) is 1.66. The van der Waals surface area contributed by atoms with Gasteiger partial charge in [-0.05, 0) is 24.5 Å². The molecule has 2 aliphatic rings. The topological polar surface area (TPSA) is 50.6 Å². The van der Waals surface area contributed by atoms with Gasteiger partial charge in [0.15, 0.2) is 6.19 Å². The summed E-state index contributed by atoms with van der Waals surface area (Å²) in [4.78, 5) is 18.0. The minimum atomic E-state index is 0.0414. The number of para-hydroxylation sites is 1. The number of hydrogen-bond acceptors (Lipinski definition) is 3. The lowest BCUT2D eigenvalue weighted by Crippen LogP contribution is -2.46. The predicted molar refractivity (Wildman–Crippen MR) is 76.2 cm³/mol. The lowest BCUT2D eigenvalue weighted by molar-refractivity contribution is 0.199. The number of carbonyl (C=O) groups excluding carboxylic acids is 1. The zero-order chi connectivity index (χ0) is 14.1. The Hall–Kier alpha value is -2.22. The summed E-state index contributed by atoms with van der Waals surface area (Å²) in [5.74, 6) is 0. The first-order valence-corrected chi connectivity index (χ1v) is 6.97. The molecule has 1 aromatic carbocycles. The summed E-state index contributed by atoms with van der Waals surface area (Å²) < 4.78 is 0. The fourth-order valence-electron chi connectivity index (χ4n) is 3.03. The number of nitriles is 1. The third-order valence-electron chi connectivity index (χ3n) is 4.27. The van der Waals surface area contributed by atoms with Crippen molar-refractivity contribution in [1.82, 2.24) is 9.80 Å². The maximum Gasteiger partial charge on any atom is 0.324 e. The minimum absolute atomic E-state index is 0.0414. The highest BCUT2D eigenvalue weighted by atomic mass is 16.2. The Morgan fingerprint density at radius 1 is 1.40 bits per heavy atom. The maximum absolute atomic E-state index is 12.6. The number of hydrogen-bond donors (Lipinski definition) is 0. The molecule has 0 aliphatic carbocycles. The van der Waals surface area contributed by atoms with Gasteiger partial charge in [-0.25, -0.2) is 4.79 Å². The van der Waals surface area contributed by atoms with E-state index in [0.29, 0.717) is 6.54 Å². The van der Waals surface area contributed by atoms with Crippen LogP contribution in [0.3, 0.4) is 0 Å². The Balaban J connectivity index is 1.73. The molecule has 5 heteroatoms. The largest absolute Gasteiger partial charge is 0.324 e. The first kappa shape index (κ1) is 12.8. The van der Waals surface area contributed by atoms with Crippen LogP contribution >= 0.6 is 0 Å². The van der Waals surface area contributed by atoms with Crippen molar-refractivity contribution in [3.63, 3.8) is 0 Å². The molecule has 0 radical (unpaired) electrons. The quantitative estimate of drug-likeness (QED) is 0.729. The van der Waals surface area contributed by atoms with Gasteiger partial charge in [-0.1, -0.05) is 18.2 Å². The molecule has 2 heterocycles. The molecule has 2 aliphatic heterocycles. The van der Waals surface area contributed by atoms with E-state index in [0.717, 1.165) is 31.6 Å². The Morgan fingerprint density at radius 3 is 2.95 bits per heavy atom. The van der Waals surface area contributed by atoms with Crippen LogP contribution in [0, 0.1) is 11.5 Å². The van der Waals surface area contributed by atoms with Crippen LogP contribution in [0.5, 0.6) is 0 Å². The third kappa shape index (κ3) is 2.07. The number of rotatable bonds is 1. The molecule has 0 bridgehead atoms. The Labute approximate surface area is 119 Å². The van der Waals surface area contributed by atoms with E-state index in [2.05, 4.69) is 12.3 Å². The normalized spacial score (nSPS) is 20.7. The fraction of sp³-hybridized carbons (Fsp3) is 0.467. The molecule has 1 aromatic rings. The number of fused-ring (bicyclic) bond motifs is 1. The number of urea groups is 1. The summed E-state index contributed by atoms with van der Waals surface area (Å²) in [6, 6.07) is 8.24. The van der Waals surface area contributed by atoms with Crippen molar-refractivity contribution in [2.75, 3.05) is 31.6 Å². The summed E-state index contributed by atoms with van der Waals surface area (Å²) in [5.41, 5.74) is 2.26. The fourth-order valence-corrected chi connectivity index (χ4v) is 3.03. The van der Waals surface area contributed by atoms with E-state index < -0.39 is 0 Å². The Kier molecular flexibility index (Phi) is 3.23. The molecule has 1 fully saturated rings. The van der Waals surface area contributed by atoms with Gasteiger partial charge >= 0.3 is 6.03 Å². The first-order valence-electron chi connectivity index (χ1n) is 6.97. The van der Waals surface area contributed by atoms with Crippen molar-refractivity contribution in [3.05, 3.63) is 29.8 Å². The summed E-state index contributed by atoms with van der Waals surface area (Å²) in [7, 11) is 1.84. The van der Waals surface area contributed by atoms with Gasteiger partial charge in [0, 0.05) is 32.4 Å². The van der Waals surface area contributed by atoms with Crippen LogP contribution < -0.4 is 4.90 Å². The molecule has 20 heavy (non-hydrogen) atoms. The van der Waals surface area contributed by atoms with E-state index >= 15 is 0 Å². The highest BCUT2D eigenvalue weighted by molar-refractivity contribution is 5.94. The van der Waals surface area contributed by atoms with E-state index in [1.54, 1.807) is 9.80 Å². The molecular formula is C15H18N4O. The van der Waals surface area contributed by atoms with Gasteiger partial charge < -0.3 is 9.80 Å². The molecular weight excluding hydrogens is 252 g/mol. The van der Waals surface area contributed by atoms with E-state index in [-0.39, 0.29) is 12.1 Å². The van der Waals surface area contributed by atoms with Crippen LogP contribution in [-0.4, -0.2) is 48.6 Å². The van der Waals surface area contributed by atoms with Gasteiger partial charge in [0.05, 0.1) is 6.04 Å². The molecule has 0 spiro atoms. The van der Waals surface area contributed by atoms with Crippen molar-refractivity contribution in [1.29, 1.82) is 5.26 Å². The number of likely N-dealkylation sites (N-methyl/N-ethyl adjacent to an activating group) is 1. The van der Waals surface area contributed by atoms with Gasteiger partial charge in [0.2, 0.25) is 0 Å². The second-order valence-corrected chi connectivity index (χ2v) is 5.41. The van der Waals surface area contributed by atoms with E-state index in [1.807, 2.05) is 30.1 Å². The van der Waals surface area contributed by atoms with Crippen LogP contribution in [0.15, 0.2) is 24.3 Å². The van der Waals surface area contributed by atoms with Crippen molar-refractivity contribution in [2.45, 2.75) is 18.9 Å². The monoisotopic (exact) mass is 270 g/mol. The smallest absolute Gasteiger partial charge is 0.323 e. The first-order chi connectivity index (χ1) is 9.70. The number of anilines is 1. The second kappa shape index (κ2) is 5.04. The lowest BCUT2D eigenvalue weighted by atomic mass is 10.2. The Bertz CT molecular complexity index is 565. The summed E-state index contributed by atoms with van der Waals surface area (Å²) >= 11 is 0. The van der Waals surface area contributed by atoms with E-state index in [1.165, 1.54) is 5.56 Å². The molecule has 0 N–H and O–H groups in total. The number of benzene rings is 1. The molecule has 104 valence electrons. The Morgan fingerprint density at radius 2 is 2.20 bits per heavy atom. The number of nitrogens with zero attached hydrogens (tertiary/aromatic N) is 4. The van der Waals surface area contributed by atoms with Gasteiger partial charge in [0.1, 0.15) is 0 Å². The van der Waals surface area contributed by atoms with Crippen molar-refractivity contribution < 1.29 is 4.79 Å². The molecule has 0 aromatic heterocycles. The van der Waals surface area contributed by atoms with Crippen molar-refractivity contribution in [2.24, 2.45) is 0 Å². The van der Waals surface area contributed by atoms with Crippen LogP contribution in [0.2, 0.25) is 0 Å². The molecule has 2 amide bonds.